The second kappa shape index (κ2) is 10.7. The summed E-state index contributed by atoms with van der Waals surface area (Å²) in [7, 11) is 0. The molecule has 11 heteroatoms. The van der Waals surface area contributed by atoms with Gasteiger partial charge in [0.25, 0.3) is 0 Å². The highest BCUT2D eigenvalue weighted by Crippen LogP contribution is 2.51. The molecule has 6 atom stereocenters. The first-order valence-electron chi connectivity index (χ1n) is 16.7. The van der Waals surface area contributed by atoms with E-state index in [-0.39, 0.29) is 40.5 Å². The van der Waals surface area contributed by atoms with Gasteiger partial charge in [-0.25, -0.2) is 13.2 Å². The van der Waals surface area contributed by atoms with E-state index < -0.39 is 23.3 Å². The first-order chi connectivity index (χ1) is 22.3. The third kappa shape index (κ3) is 4.52. The molecule has 6 heterocycles. The van der Waals surface area contributed by atoms with Gasteiger partial charge in [0.05, 0.1) is 10.9 Å². The summed E-state index contributed by atoms with van der Waals surface area (Å²) < 4.78 is 53.2. The van der Waals surface area contributed by atoms with Crippen molar-refractivity contribution >= 4 is 27.5 Å². The average Bonchev–Trinajstić information content (AvgIpc) is 3.66. The molecule has 0 amide bonds. The molecule has 0 spiro atoms. The van der Waals surface area contributed by atoms with Gasteiger partial charge in [-0.15, -0.1) is 0 Å². The smallest absolute Gasteiger partial charge is 0.319 e. The van der Waals surface area contributed by atoms with Crippen LogP contribution in [-0.2, 0) is 0 Å². The van der Waals surface area contributed by atoms with Crippen LogP contribution in [-0.4, -0.2) is 81.0 Å². The number of anilines is 1. The molecule has 1 aliphatic carbocycles. The Kier molecular flexibility index (Phi) is 6.61. The van der Waals surface area contributed by atoms with E-state index in [1.165, 1.54) is 31.0 Å². The predicted octanol–water partition coefficient (Wildman–Crippen LogP) is 5.89. The van der Waals surface area contributed by atoms with Crippen molar-refractivity contribution in [2.45, 2.75) is 81.2 Å². The molecule has 0 radical (unpaired) electrons. The van der Waals surface area contributed by atoms with Crippen LogP contribution in [0.5, 0.6) is 11.8 Å². The summed E-state index contributed by atoms with van der Waals surface area (Å²) in [6.07, 6.45) is 8.70. The van der Waals surface area contributed by atoms with Crippen molar-refractivity contribution in [3.8, 4) is 23.0 Å². The van der Waals surface area contributed by atoms with Crippen LogP contribution < -0.4 is 15.0 Å². The molecule has 46 heavy (non-hydrogen) atoms. The number of ether oxygens (including phenoxy) is 1. The lowest BCUT2D eigenvalue weighted by atomic mass is 9.81. The van der Waals surface area contributed by atoms with E-state index in [4.69, 9.17) is 9.72 Å². The molecule has 9 rings (SSSR count). The lowest BCUT2D eigenvalue weighted by Crippen LogP contribution is -2.51. The number of halogens is 3. The highest BCUT2D eigenvalue weighted by Gasteiger charge is 2.57. The highest BCUT2D eigenvalue weighted by molar-refractivity contribution is 6.00. The van der Waals surface area contributed by atoms with Crippen molar-refractivity contribution in [3.05, 3.63) is 48.2 Å². The molecule has 2 aromatic heterocycles. The molecule has 8 nitrogen and oxygen atoms in total. The number of fused-ring (bicyclic) bond motifs is 7. The highest BCUT2D eigenvalue weighted by atomic mass is 19.1. The fraction of sp³-hybridized carbons (Fsp3) is 0.514. The molecule has 5 fully saturated rings. The topological polar surface area (TPSA) is 86.6 Å². The predicted molar refractivity (Wildman–Crippen MR) is 169 cm³/mol. The molecular weight excluding hydrogens is 593 g/mol. The normalized spacial score (nSPS) is 30.7. The number of hydrogen-bond acceptors (Lipinski definition) is 8. The van der Waals surface area contributed by atoms with Crippen LogP contribution in [0.25, 0.3) is 32.9 Å². The summed E-state index contributed by atoms with van der Waals surface area (Å²) in [6, 6.07) is 8.33. The second-order valence-electron chi connectivity index (χ2n) is 14.2. The molecule has 2 N–H and O–H groups in total. The lowest BCUT2D eigenvalue weighted by molar-refractivity contribution is 0.0775. The maximum absolute atomic E-state index is 16.7. The summed E-state index contributed by atoms with van der Waals surface area (Å²) in [5, 5.41) is 15.1. The molecule has 2 aromatic carbocycles. The number of nitrogens with one attached hydrogen (secondary N) is 1. The van der Waals surface area contributed by atoms with Crippen LogP contribution in [0.3, 0.4) is 0 Å². The zero-order valence-electron chi connectivity index (χ0n) is 25.6. The van der Waals surface area contributed by atoms with Crippen LogP contribution >= 0.6 is 0 Å². The van der Waals surface area contributed by atoms with E-state index >= 15 is 8.78 Å². The van der Waals surface area contributed by atoms with Gasteiger partial charge in [-0.3, -0.25) is 9.88 Å². The minimum Gasteiger partial charge on any atom is -0.508 e. The van der Waals surface area contributed by atoms with Crippen LogP contribution in [0.2, 0.25) is 0 Å². The van der Waals surface area contributed by atoms with Gasteiger partial charge in [0, 0.05) is 61.3 Å². The quantitative estimate of drug-likeness (QED) is 0.282. The first-order valence-corrected chi connectivity index (χ1v) is 16.7. The lowest BCUT2D eigenvalue weighted by Gasteiger charge is -2.36. The summed E-state index contributed by atoms with van der Waals surface area (Å²) >= 11 is 0. The van der Waals surface area contributed by atoms with E-state index in [1.807, 2.05) is 0 Å². The summed E-state index contributed by atoms with van der Waals surface area (Å²) in [6.45, 7) is 2.08. The number of aromatic nitrogens is 3. The van der Waals surface area contributed by atoms with Crippen LogP contribution in [0.1, 0.15) is 51.4 Å². The molecule has 4 aromatic rings. The minimum absolute atomic E-state index is 0.0212. The molecule has 240 valence electrons. The fourth-order valence-electron chi connectivity index (χ4n) is 9.45. The van der Waals surface area contributed by atoms with Gasteiger partial charge in [0.1, 0.15) is 41.4 Å². The van der Waals surface area contributed by atoms with Crippen molar-refractivity contribution < 1.29 is 23.0 Å². The fourth-order valence-corrected chi connectivity index (χ4v) is 9.45. The second-order valence-corrected chi connectivity index (χ2v) is 14.2. The Morgan fingerprint density at radius 2 is 1.83 bits per heavy atom. The van der Waals surface area contributed by atoms with E-state index in [0.717, 1.165) is 32.1 Å². The van der Waals surface area contributed by atoms with Gasteiger partial charge in [-0.2, -0.15) is 9.97 Å². The van der Waals surface area contributed by atoms with E-state index in [1.54, 1.807) is 18.3 Å². The van der Waals surface area contributed by atoms with Crippen LogP contribution in [0.15, 0.2) is 36.5 Å². The van der Waals surface area contributed by atoms with Gasteiger partial charge >= 0.3 is 6.01 Å². The van der Waals surface area contributed by atoms with Gasteiger partial charge < -0.3 is 20.1 Å². The number of phenolic OH excluding ortho intramolecular Hbond substituents is 1. The van der Waals surface area contributed by atoms with Crippen molar-refractivity contribution in [3.63, 3.8) is 0 Å². The number of pyridine rings is 1. The maximum atomic E-state index is 16.7. The van der Waals surface area contributed by atoms with E-state index in [2.05, 4.69) is 25.1 Å². The van der Waals surface area contributed by atoms with Crippen molar-refractivity contribution in [2.75, 3.05) is 31.1 Å². The summed E-state index contributed by atoms with van der Waals surface area (Å²) in [4.78, 5) is 18.5. The number of benzene rings is 2. The number of hydrogen-bond donors (Lipinski definition) is 2. The van der Waals surface area contributed by atoms with Gasteiger partial charge in [-0.1, -0.05) is 25.0 Å². The molecule has 1 saturated carbocycles. The van der Waals surface area contributed by atoms with Gasteiger partial charge in [-0.05, 0) is 61.6 Å². The standard InChI is InChI=1S/C35H37F3N6O2/c36-21-13-35(12-20-4-1-2-7-28(20)44(35)15-21)18-46-34-41-32-26(33(42-34)43-16-22-8-9-23(17-43)40-22)14-39-31(30(32)38)25-11-24(45)10-19-5-3-6-27(37)29(19)25/h3,5-6,10-11,14,20-23,28,40,45H,1-2,4,7-9,12-13,15-18H2/t20-,21-,22?,23?,28-,35-/m1/s1. The van der Waals surface area contributed by atoms with Gasteiger partial charge in [0.15, 0.2) is 5.82 Å². The number of alkyl halides is 1. The Balaban J connectivity index is 1.15. The maximum Gasteiger partial charge on any atom is 0.319 e. The Morgan fingerprint density at radius 1 is 1.00 bits per heavy atom. The molecule has 5 aliphatic rings. The number of piperazine rings is 1. The first kappa shape index (κ1) is 28.5. The van der Waals surface area contributed by atoms with Crippen LogP contribution in [0.4, 0.5) is 19.0 Å². The number of nitrogens with zero attached hydrogens (tertiary/aromatic N) is 5. The summed E-state index contributed by atoms with van der Waals surface area (Å²) in [5.74, 6) is -0.316. The largest absolute Gasteiger partial charge is 0.508 e. The SMILES string of the molecule is Oc1cc(-c2ncc3c(N4CC5CCC(C4)N5)nc(OC[C@@]45C[C@@H](F)CN4[C@@H]4CCCC[C@@H]4C5)nc3c2F)c2c(F)cccc2c1. The van der Waals surface area contributed by atoms with Gasteiger partial charge in [0.2, 0.25) is 0 Å². The zero-order valence-corrected chi connectivity index (χ0v) is 25.6. The third-order valence-corrected chi connectivity index (χ3v) is 11.3. The number of aromatic hydroxyl groups is 1. The summed E-state index contributed by atoms with van der Waals surface area (Å²) in [5.41, 5.74) is -0.382. The number of rotatable bonds is 5. The van der Waals surface area contributed by atoms with Crippen LogP contribution in [0, 0.1) is 17.6 Å². The van der Waals surface area contributed by atoms with E-state index in [9.17, 15) is 9.50 Å². The Bertz CT molecular complexity index is 1850. The zero-order chi connectivity index (χ0) is 31.2. The Morgan fingerprint density at radius 3 is 2.67 bits per heavy atom. The third-order valence-electron chi connectivity index (χ3n) is 11.3. The molecule has 4 saturated heterocycles. The molecule has 4 aliphatic heterocycles. The number of phenols is 1. The Labute approximate surface area is 265 Å². The van der Waals surface area contributed by atoms with Crippen molar-refractivity contribution in [2.24, 2.45) is 5.92 Å². The van der Waals surface area contributed by atoms with Crippen molar-refractivity contribution in [1.29, 1.82) is 0 Å². The van der Waals surface area contributed by atoms with E-state index in [0.29, 0.717) is 66.7 Å². The molecular formula is C35H37F3N6O2. The molecule has 2 bridgehead atoms. The monoisotopic (exact) mass is 630 g/mol. The average molecular weight is 631 g/mol. The van der Waals surface area contributed by atoms with Crippen molar-refractivity contribution in [1.82, 2.24) is 25.2 Å². The minimum atomic E-state index is -0.903. The molecule has 2 unspecified atom stereocenters. The Hall–Kier alpha value is -3.70.